The average molecular weight is 313 g/mol. The zero-order valence-corrected chi connectivity index (χ0v) is 13.5. The van der Waals surface area contributed by atoms with Crippen molar-refractivity contribution in [3.8, 4) is 0 Å². The van der Waals surface area contributed by atoms with Crippen LogP contribution in [0.5, 0.6) is 0 Å². The number of hydrogen-bond donors (Lipinski definition) is 2. The fourth-order valence-electron chi connectivity index (χ4n) is 3.17. The molecule has 23 heavy (non-hydrogen) atoms. The Hall–Kier alpha value is -2.14. The predicted octanol–water partition coefficient (Wildman–Crippen LogP) is 1.99. The molecule has 0 unspecified atom stereocenters. The van der Waals surface area contributed by atoms with Crippen molar-refractivity contribution in [3.63, 3.8) is 0 Å². The Morgan fingerprint density at radius 1 is 1.30 bits per heavy atom. The molecule has 1 aromatic heterocycles. The Balaban J connectivity index is 1.74. The number of pyridine rings is 1. The van der Waals surface area contributed by atoms with Crippen LogP contribution in [0.1, 0.15) is 30.1 Å². The highest BCUT2D eigenvalue weighted by molar-refractivity contribution is 5.97. The van der Waals surface area contributed by atoms with Crippen molar-refractivity contribution in [2.75, 3.05) is 26.2 Å². The van der Waals surface area contributed by atoms with Gasteiger partial charge in [0.15, 0.2) is 0 Å². The summed E-state index contributed by atoms with van der Waals surface area (Å²) in [6, 6.07) is 9.24. The monoisotopic (exact) mass is 313 g/mol. The van der Waals surface area contributed by atoms with Crippen LogP contribution in [0.4, 0.5) is 0 Å². The van der Waals surface area contributed by atoms with E-state index in [0.717, 1.165) is 49.9 Å². The lowest BCUT2D eigenvalue weighted by Gasteiger charge is -2.32. The summed E-state index contributed by atoms with van der Waals surface area (Å²) in [6.07, 6.45) is 1.98. The molecule has 5 nitrogen and oxygen atoms in total. The van der Waals surface area contributed by atoms with E-state index >= 15 is 0 Å². The first kappa shape index (κ1) is 15.7. The largest absolute Gasteiger partial charge is 0.338 e. The second-order valence-corrected chi connectivity index (χ2v) is 6.14. The van der Waals surface area contributed by atoms with Crippen molar-refractivity contribution in [2.24, 2.45) is 5.92 Å². The standard InChI is InChI=1S/C18H23N3O2/c1-2-19-12-13-7-9-21(10-8-13)18(23)15-11-14-5-3-4-6-16(14)20-17(15)22/h3-6,11,13,19H,2,7-10,12H2,1H3,(H,20,22). The van der Waals surface area contributed by atoms with Gasteiger partial charge in [0.25, 0.3) is 11.5 Å². The zero-order valence-electron chi connectivity index (χ0n) is 13.5. The molecule has 1 amide bonds. The molecule has 1 fully saturated rings. The van der Waals surface area contributed by atoms with E-state index in [2.05, 4.69) is 17.2 Å². The number of likely N-dealkylation sites (tertiary alicyclic amines) is 1. The number of amides is 1. The third-order valence-electron chi connectivity index (χ3n) is 4.57. The van der Waals surface area contributed by atoms with Crippen LogP contribution in [0, 0.1) is 5.92 Å². The first-order valence-corrected chi connectivity index (χ1v) is 8.31. The van der Waals surface area contributed by atoms with Gasteiger partial charge >= 0.3 is 0 Å². The SMILES string of the molecule is CCNCC1CCN(C(=O)c2cc3ccccc3[nH]c2=O)CC1. The van der Waals surface area contributed by atoms with Crippen molar-refractivity contribution in [1.29, 1.82) is 0 Å². The number of para-hydroxylation sites is 1. The highest BCUT2D eigenvalue weighted by Crippen LogP contribution is 2.18. The fourth-order valence-corrected chi connectivity index (χ4v) is 3.17. The molecule has 1 aliphatic rings. The number of fused-ring (bicyclic) bond motifs is 1. The summed E-state index contributed by atoms with van der Waals surface area (Å²) in [5.41, 5.74) is 0.704. The molecule has 0 aliphatic carbocycles. The van der Waals surface area contributed by atoms with Crippen molar-refractivity contribution in [2.45, 2.75) is 19.8 Å². The summed E-state index contributed by atoms with van der Waals surface area (Å²) in [5.74, 6) is 0.466. The average Bonchev–Trinajstić information content (AvgIpc) is 2.59. The Labute approximate surface area is 135 Å². The number of carbonyl (C=O) groups is 1. The summed E-state index contributed by atoms with van der Waals surface area (Å²) in [7, 11) is 0. The molecule has 0 radical (unpaired) electrons. The van der Waals surface area contributed by atoms with Gasteiger partial charge in [0.2, 0.25) is 0 Å². The van der Waals surface area contributed by atoms with E-state index in [4.69, 9.17) is 0 Å². The Bertz CT molecular complexity index is 745. The number of nitrogens with zero attached hydrogens (tertiary/aromatic N) is 1. The van der Waals surface area contributed by atoms with Crippen LogP contribution < -0.4 is 10.9 Å². The van der Waals surface area contributed by atoms with E-state index in [9.17, 15) is 9.59 Å². The molecule has 3 rings (SSSR count). The molecular formula is C18H23N3O2. The second-order valence-electron chi connectivity index (χ2n) is 6.14. The van der Waals surface area contributed by atoms with Crippen LogP contribution in [0.25, 0.3) is 10.9 Å². The van der Waals surface area contributed by atoms with E-state index < -0.39 is 0 Å². The minimum Gasteiger partial charge on any atom is -0.338 e. The highest BCUT2D eigenvalue weighted by Gasteiger charge is 2.25. The summed E-state index contributed by atoms with van der Waals surface area (Å²) < 4.78 is 0. The van der Waals surface area contributed by atoms with E-state index in [1.54, 1.807) is 6.07 Å². The molecule has 122 valence electrons. The van der Waals surface area contributed by atoms with Gasteiger partial charge in [-0.25, -0.2) is 0 Å². The third kappa shape index (κ3) is 3.45. The van der Waals surface area contributed by atoms with Crippen molar-refractivity contribution in [3.05, 3.63) is 46.2 Å². The molecule has 1 saturated heterocycles. The summed E-state index contributed by atoms with van der Waals surface area (Å²) >= 11 is 0. The van der Waals surface area contributed by atoms with Crippen molar-refractivity contribution >= 4 is 16.8 Å². The lowest BCUT2D eigenvalue weighted by Crippen LogP contribution is -2.42. The Kier molecular flexibility index (Phi) is 4.76. The number of rotatable bonds is 4. The van der Waals surface area contributed by atoms with Gasteiger partial charge in [0.05, 0.1) is 0 Å². The molecular weight excluding hydrogens is 290 g/mol. The number of aromatic amines is 1. The number of aromatic nitrogens is 1. The molecule has 0 atom stereocenters. The number of H-pyrrole nitrogens is 1. The molecule has 0 bridgehead atoms. The van der Waals surface area contributed by atoms with Gasteiger partial charge in [-0.15, -0.1) is 0 Å². The van der Waals surface area contributed by atoms with Gasteiger partial charge in [-0.05, 0) is 49.4 Å². The van der Waals surface area contributed by atoms with Crippen LogP contribution in [0.15, 0.2) is 35.1 Å². The van der Waals surface area contributed by atoms with Gasteiger partial charge in [0.1, 0.15) is 5.56 Å². The molecule has 1 aromatic carbocycles. The zero-order chi connectivity index (χ0) is 16.2. The van der Waals surface area contributed by atoms with E-state index in [1.165, 1.54) is 0 Å². The molecule has 5 heteroatoms. The Morgan fingerprint density at radius 3 is 2.78 bits per heavy atom. The third-order valence-corrected chi connectivity index (χ3v) is 4.57. The minimum absolute atomic E-state index is 0.154. The van der Waals surface area contributed by atoms with Gasteiger partial charge in [-0.1, -0.05) is 25.1 Å². The first-order valence-electron chi connectivity index (χ1n) is 8.31. The number of nitrogens with one attached hydrogen (secondary N) is 2. The second kappa shape index (κ2) is 6.96. The molecule has 2 heterocycles. The molecule has 1 aliphatic heterocycles. The predicted molar refractivity (Wildman–Crippen MR) is 91.7 cm³/mol. The maximum Gasteiger partial charge on any atom is 0.261 e. The summed E-state index contributed by atoms with van der Waals surface area (Å²) in [4.78, 5) is 29.5. The number of benzene rings is 1. The quantitative estimate of drug-likeness (QED) is 0.907. The van der Waals surface area contributed by atoms with Crippen LogP contribution in [-0.4, -0.2) is 42.0 Å². The van der Waals surface area contributed by atoms with Crippen LogP contribution in [0.2, 0.25) is 0 Å². The Morgan fingerprint density at radius 2 is 2.04 bits per heavy atom. The normalized spacial score (nSPS) is 16.0. The van der Waals surface area contributed by atoms with Crippen molar-refractivity contribution in [1.82, 2.24) is 15.2 Å². The maximum atomic E-state index is 12.7. The van der Waals surface area contributed by atoms with Gasteiger partial charge < -0.3 is 15.2 Å². The summed E-state index contributed by atoms with van der Waals surface area (Å²) in [6.45, 7) is 5.54. The van der Waals surface area contributed by atoms with Crippen LogP contribution in [0.3, 0.4) is 0 Å². The molecule has 2 aromatic rings. The van der Waals surface area contributed by atoms with Gasteiger partial charge in [-0.3, -0.25) is 9.59 Å². The lowest BCUT2D eigenvalue weighted by molar-refractivity contribution is 0.0688. The van der Waals surface area contributed by atoms with Crippen LogP contribution >= 0.6 is 0 Å². The first-order chi connectivity index (χ1) is 11.2. The van der Waals surface area contributed by atoms with E-state index in [1.807, 2.05) is 29.2 Å². The number of piperidine rings is 1. The van der Waals surface area contributed by atoms with E-state index in [-0.39, 0.29) is 17.0 Å². The van der Waals surface area contributed by atoms with E-state index in [0.29, 0.717) is 5.92 Å². The van der Waals surface area contributed by atoms with Gasteiger partial charge in [-0.2, -0.15) is 0 Å². The highest BCUT2D eigenvalue weighted by atomic mass is 16.2. The number of carbonyl (C=O) groups excluding carboxylic acids is 1. The number of hydrogen-bond acceptors (Lipinski definition) is 3. The van der Waals surface area contributed by atoms with Crippen LogP contribution in [-0.2, 0) is 0 Å². The van der Waals surface area contributed by atoms with Gasteiger partial charge in [0, 0.05) is 18.6 Å². The minimum atomic E-state index is -0.302. The maximum absolute atomic E-state index is 12.7. The lowest BCUT2D eigenvalue weighted by atomic mass is 9.96. The topological polar surface area (TPSA) is 65.2 Å². The molecule has 2 N–H and O–H groups in total. The fraction of sp³-hybridized carbons (Fsp3) is 0.444. The summed E-state index contributed by atoms with van der Waals surface area (Å²) in [5, 5.41) is 4.25. The van der Waals surface area contributed by atoms with Crippen molar-refractivity contribution < 1.29 is 4.79 Å². The smallest absolute Gasteiger partial charge is 0.261 e. The molecule has 0 saturated carbocycles. The molecule has 0 spiro atoms.